The van der Waals surface area contributed by atoms with Gasteiger partial charge in [0.15, 0.2) is 5.13 Å². The van der Waals surface area contributed by atoms with Crippen LogP contribution in [0.4, 0.5) is 24.4 Å². The number of carbonyl (C=O) groups excluding carboxylic acids is 1. The minimum absolute atomic E-state index is 0.227. The van der Waals surface area contributed by atoms with E-state index in [1.54, 1.807) is 21.4 Å². The molecule has 1 aromatic carbocycles. The summed E-state index contributed by atoms with van der Waals surface area (Å²) in [5.74, 6) is -0.928. The zero-order valence-corrected chi connectivity index (χ0v) is 12.4. The molecule has 0 unspecified atom stereocenters. The molecule has 1 saturated heterocycles. The third kappa shape index (κ3) is 3.16. The van der Waals surface area contributed by atoms with E-state index < -0.39 is 11.6 Å². The van der Waals surface area contributed by atoms with Crippen molar-refractivity contribution in [2.24, 2.45) is 0 Å². The fourth-order valence-electron chi connectivity index (χ4n) is 2.33. The molecule has 1 aromatic heterocycles. The number of benzene rings is 1. The van der Waals surface area contributed by atoms with Crippen LogP contribution in [0.1, 0.15) is 0 Å². The normalized spacial score (nSPS) is 15.0. The van der Waals surface area contributed by atoms with Crippen molar-refractivity contribution in [1.29, 1.82) is 0 Å². The maximum Gasteiger partial charge on any atom is 0.323 e. The van der Waals surface area contributed by atoms with Crippen molar-refractivity contribution in [1.82, 2.24) is 9.88 Å². The molecule has 116 valence electrons. The van der Waals surface area contributed by atoms with Crippen LogP contribution in [0, 0.1) is 11.6 Å². The standard InChI is InChI=1S/C14H14F2N4OS/c15-10-1-2-11(16)12(9-10)19-4-6-20(7-5-19)14(21)18-13-17-3-8-22-13/h1-3,8-9H,4-7H2,(H,17,18,21). The molecular formula is C14H14F2N4OS. The lowest BCUT2D eigenvalue weighted by molar-refractivity contribution is 0.208. The third-order valence-electron chi connectivity index (χ3n) is 3.46. The van der Waals surface area contributed by atoms with Crippen LogP contribution in [0.3, 0.4) is 0 Å². The van der Waals surface area contributed by atoms with Crippen LogP contribution in [0.15, 0.2) is 29.8 Å². The van der Waals surface area contributed by atoms with Crippen molar-refractivity contribution in [3.05, 3.63) is 41.4 Å². The van der Waals surface area contributed by atoms with Crippen LogP contribution >= 0.6 is 11.3 Å². The summed E-state index contributed by atoms with van der Waals surface area (Å²) >= 11 is 1.34. The number of thiazole rings is 1. The average molecular weight is 324 g/mol. The van der Waals surface area contributed by atoms with Gasteiger partial charge in [-0.2, -0.15) is 0 Å². The Hall–Kier alpha value is -2.22. The molecule has 1 fully saturated rings. The summed E-state index contributed by atoms with van der Waals surface area (Å²) in [5.41, 5.74) is 0.236. The van der Waals surface area contributed by atoms with Gasteiger partial charge in [-0.25, -0.2) is 18.6 Å². The van der Waals surface area contributed by atoms with E-state index in [4.69, 9.17) is 0 Å². The number of hydrogen-bond donors (Lipinski definition) is 1. The van der Waals surface area contributed by atoms with Crippen LogP contribution in [0.2, 0.25) is 0 Å². The monoisotopic (exact) mass is 324 g/mol. The van der Waals surface area contributed by atoms with Gasteiger partial charge in [0.2, 0.25) is 0 Å². The van der Waals surface area contributed by atoms with Crippen molar-refractivity contribution in [3.8, 4) is 0 Å². The summed E-state index contributed by atoms with van der Waals surface area (Å²) in [5, 5.41) is 5.03. The van der Waals surface area contributed by atoms with E-state index >= 15 is 0 Å². The molecule has 0 radical (unpaired) electrons. The minimum Gasteiger partial charge on any atom is -0.366 e. The second-order valence-electron chi connectivity index (χ2n) is 4.84. The van der Waals surface area contributed by atoms with Crippen LogP contribution in [-0.4, -0.2) is 42.1 Å². The summed E-state index contributed by atoms with van der Waals surface area (Å²) in [6.45, 7) is 1.78. The van der Waals surface area contributed by atoms with E-state index in [9.17, 15) is 13.6 Å². The van der Waals surface area contributed by atoms with E-state index in [0.29, 0.717) is 31.3 Å². The molecule has 0 spiro atoms. The van der Waals surface area contributed by atoms with Crippen molar-refractivity contribution in [3.63, 3.8) is 0 Å². The lowest BCUT2D eigenvalue weighted by Crippen LogP contribution is -2.50. The van der Waals surface area contributed by atoms with E-state index in [1.165, 1.54) is 17.4 Å². The summed E-state index contributed by atoms with van der Waals surface area (Å²) in [6.07, 6.45) is 1.62. The Bertz CT molecular complexity index is 657. The third-order valence-corrected chi connectivity index (χ3v) is 4.15. The number of nitrogens with one attached hydrogen (secondary N) is 1. The van der Waals surface area contributed by atoms with E-state index in [0.717, 1.165) is 12.1 Å². The Morgan fingerprint density at radius 2 is 2.00 bits per heavy atom. The highest BCUT2D eigenvalue weighted by molar-refractivity contribution is 7.13. The molecule has 0 bridgehead atoms. The highest BCUT2D eigenvalue weighted by atomic mass is 32.1. The number of carbonyl (C=O) groups is 1. The van der Waals surface area contributed by atoms with Gasteiger partial charge in [-0.15, -0.1) is 11.3 Å². The van der Waals surface area contributed by atoms with Gasteiger partial charge in [-0.05, 0) is 12.1 Å². The van der Waals surface area contributed by atoms with Crippen molar-refractivity contribution < 1.29 is 13.6 Å². The average Bonchev–Trinajstić information content (AvgIpc) is 3.03. The van der Waals surface area contributed by atoms with E-state index in [1.807, 2.05) is 0 Å². The van der Waals surface area contributed by atoms with Gasteiger partial charge in [0, 0.05) is 43.8 Å². The molecule has 1 aliphatic heterocycles. The zero-order chi connectivity index (χ0) is 15.5. The van der Waals surface area contributed by atoms with E-state index in [2.05, 4.69) is 10.3 Å². The van der Waals surface area contributed by atoms with Gasteiger partial charge < -0.3 is 9.80 Å². The molecular weight excluding hydrogens is 310 g/mol. The molecule has 5 nitrogen and oxygen atoms in total. The molecule has 2 heterocycles. The predicted octanol–water partition coefficient (Wildman–Crippen LogP) is 2.78. The van der Waals surface area contributed by atoms with Crippen molar-refractivity contribution in [2.45, 2.75) is 0 Å². The first kappa shape index (κ1) is 14.7. The van der Waals surface area contributed by atoms with E-state index in [-0.39, 0.29) is 11.7 Å². The molecule has 1 N–H and O–H groups in total. The number of rotatable bonds is 2. The first-order valence-electron chi connectivity index (χ1n) is 6.79. The summed E-state index contributed by atoms with van der Waals surface area (Å²) in [7, 11) is 0. The SMILES string of the molecule is O=C(Nc1nccs1)N1CCN(c2cc(F)ccc2F)CC1. The molecule has 2 amide bonds. The lowest BCUT2D eigenvalue weighted by atomic mass is 10.2. The number of halogens is 2. The number of piperazine rings is 1. The predicted molar refractivity (Wildman–Crippen MR) is 81.3 cm³/mol. The number of anilines is 2. The fraction of sp³-hybridized carbons (Fsp3) is 0.286. The number of aromatic nitrogens is 1. The Labute approximate surface area is 130 Å². The van der Waals surface area contributed by atoms with Crippen LogP contribution in [0.25, 0.3) is 0 Å². The van der Waals surface area contributed by atoms with Gasteiger partial charge in [-0.3, -0.25) is 5.32 Å². The Kier molecular flexibility index (Phi) is 4.19. The number of urea groups is 1. The number of hydrogen-bond acceptors (Lipinski definition) is 4. The van der Waals surface area contributed by atoms with Gasteiger partial charge in [0.25, 0.3) is 0 Å². The molecule has 0 atom stereocenters. The van der Waals surface area contributed by atoms with Gasteiger partial charge in [-0.1, -0.05) is 0 Å². The van der Waals surface area contributed by atoms with Gasteiger partial charge >= 0.3 is 6.03 Å². The van der Waals surface area contributed by atoms with Crippen LogP contribution < -0.4 is 10.2 Å². The Balaban J connectivity index is 1.60. The highest BCUT2D eigenvalue weighted by Gasteiger charge is 2.23. The molecule has 0 saturated carbocycles. The number of nitrogens with zero attached hydrogens (tertiary/aromatic N) is 3. The summed E-state index contributed by atoms with van der Waals surface area (Å²) < 4.78 is 27.0. The topological polar surface area (TPSA) is 48.5 Å². The highest BCUT2D eigenvalue weighted by Crippen LogP contribution is 2.22. The van der Waals surface area contributed by atoms with Crippen LogP contribution in [0.5, 0.6) is 0 Å². The molecule has 8 heteroatoms. The van der Waals surface area contributed by atoms with Gasteiger partial charge in [0.1, 0.15) is 11.6 Å². The molecule has 22 heavy (non-hydrogen) atoms. The fourth-order valence-corrected chi connectivity index (χ4v) is 2.85. The maximum absolute atomic E-state index is 13.8. The second-order valence-corrected chi connectivity index (χ2v) is 5.73. The summed E-state index contributed by atoms with van der Waals surface area (Å²) in [4.78, 5) is 19.4. The second kappa shape index (κ2) is 6.27. The van der Waals surface area contributed by atoms with Crippen LogP contribution in [-0.2, 0) is 0 Å². The first-order valence-corrected chi connectivity index (χ1v) is 7.67. The molecule has 1 aliphatic rings. The summed E-state index contributed by atoms with van der Waals surface area (Å²) in [6, 6.07) is 3.16. The largest absolute Gasteiger partial charge is 0.366 e. The molecule has 3 rings (SSSR count). The number of amides is 2. The Morgan fingerprint density at radius 3 is 2.68 bits per heavy atom. The van der Waals surface area contributed by atoms with Crippen molar-refractivity contribution in [2.75, 3.05) is 36.4 Å². The minimum atomic E-state index is -0.472. The van der Waals surface area contributed by atoms with Gasteiger partial charge in [0.05, 0.1) is 5.69 Å². The zero-order valence-electron chi connectivity index (χ0n) is 11.6. The lowest BCUT2D eigenvalue weighted by Gasteiger charge is -2.36. The molecule has 2 aromatic rings. The first-order chi connectivity index (χ1) is 10.6. The smallest absolute Gasteiger partial charge is 0.323 e. The van der Waals surface area contributed by atoms with Crippen molar-refractivity contribution >= 4 is 28.2 Å². The Morgan fingerprint density at radius 1 is 1.23 bits per heavy atom. The quantitative estimate of drug-likeness (QED) is 0.924. The maximum atomic E-state index is 13.8. The molecule has 0 aliphatic carbocycles.